The molecule has 0 aliphatic carbocycles. The summed E-state index contributed by atoms with van der Waals surface area (Å²) in [5, 5.41) is 3.88. The van der Waals surface area contributed by atoms with Crippen molar-refractivity contribution in [2.45, 2.75) is 52.7 Å². The Hall–Kier alpha value is -1.88. The molecule has 0 bridgehead atoms. The summed E-state index contributed by atoms with van der Waals surface area (Å²) in [6, 6.07) is 6.49. The fourth-order valence-corrected chi connectivity index (χ4v) is 3.00. The van der Waals surface area contributed by atoms with Gasteiger partial charge in [-0.3, -0.25) is 4.90 Å². The van der Waals surface area contributed by atoms with Crippen molar-refractivity contribution >= 4 is 0 Å². The van der Waals surface area contributed by atoms with Crippen LogP contribution in [0.2, 0.25) is 0 Å². The highest BCUT2D eigenvalue weighted by Crippen LogP contribution is 2.26. The average molecular weight is 315 g/mol. The van der Waals surface area contributed by atoms with E-state index in [0.717, 1.165) is 31.7 Å². The van der Waals surface area contributed by atoms with Gasteiger partial charge in [0.2, 0.25) is 5.89 Å². The molecule has 0 radical (unpaired) electrons. The molecule has 0 saturated carbocycles. The van der Waals surface area contributed by atoms with Crippen molar-refractivity contribution < 1.29 is 9.26 Å². The van der Waals surface area contributed by atoms with Crippen LogP contribution >= 0.6 is 0 Å². The van der Waals surface area contributed by atoms with Crippen LogP contribution in [0.3, 0.4) is 0 Å². The third kappa shape index (κ3) is 3.72. The largest absolute Gasteiger partial charge is 0.490 e. The normalized spacial score (nSPS) is 18.1. The van der Waals surface area contributed by atoms with Gasteiger partial charge in [-0.25, -0.2) is 0 Å². The van der Waals surface area contributed by atoms with Crippen LogP contribution in [-0.4, -0.2) is 34.2 Å². The highest BCUT2D eigenvalue weighted by molar-refractivity contribution is 5.33. The van der Waals surface area contributed by atoms with E-state index in [0.29, 0.717) is 11.7 Å². The lowest BCUT2D eigenvalue weighted by Gasteiger charge is -2.34. The molecule has 23 heavy (non-hydrogen) atoms. The topological polar surface area (TPSA) is 51.4 Å². The lowest BCUT2D eigenvalue weighted by Crippen LogP contribution is -2.39. The molecule has 0 N–H and O–H groups in total. The van der Waals surface area contributed by atoms with Gasteiger partial charge < -0.3 is 9.26 Å². The highest BCUT2D eigenvalue weighted by atomic mass is 16.5. The molecule has 1 atom stereocenters. The third-order valence-corrected chi connectivity index (χ3v) is 4.71. The number of rotatable bonds is 4. The summed E-state index contributed by atoms with van der Waals surface area (Å²) in [6.45, 7) is 10.2. The second-order valence-electron chi connectivity index (χ2n) is 6.46. The highest BCUT2D eigenvalue weighted by Gasteiger charge is 2.27. The maximum atomic E-state index is 6.15. The van der Waals surface area contributed by atoms with Crippen molar-refractivity contribution in [3.8, 4) is 5.75 Å². The smallest absolute Gasteiger partial charge is 0.243 e. The quantitative estimate of drug-likeness (QED) is 0.863. The number of piperidine rings is 1. The summed E-state index contributed by atoms with van der Waals surface area (Å²) in [5.74, 6) is 2.38. The number of ether oxygens (including phenoxy) is 1. The van der Waals surface area contributed by atoms with Crippen LogP contribution < -0.4 is 4.74 Å². The maximum absolute atomic E-state index is 6.15. The van der Waals surface area contributed by atoms with Crippen LogP contribution in [0, 0.1) is 20.8 Å². The lowest BCUT2D eigenvalue weighted by molar-refractivity contribution is 0.0700. The van der Waals surface area contributed by atoms with Gasteiger partial charge in [0.1, 0.15) is 11.9 Å². The molecule has 1 saturated heterocycles. The number of hydrogen-bond donors (Lipinski definition) is 0. The molecular weight excluding hydrogens is 290 g/mol. The molecule has 124 valence electrons. The predicted octanol–water partition coefficient (Wildman–Crippen LogP) is 3.60. The van der Waals surface area contributed by atoms with Crippen molar-refractivity contribution in [1.29, 1.82) is 0 Å². The Bertz CT molecular complexity index is 660. The van der Waals surface area contributed by atoms with E-state index in [9.17, 15) is 0 Å². The number of aromatic nitrogens is 2. The third-order valence-electron chi connectivity index (χ3n) is 4.71. The molecule has 1 aromatic heterocycles. The number of aryl methyl sites for hydroxylation is 3. The predicted molar refractivity (Wildman–Crippen MR) is 88.6 cm³/mol. The van der Waals surface area contributed by atoms with Gasteiger partial charge in [-0.2, -0.15) is 4.98 Å². The second-order valence-corrected chi connectivity index (χ2v) is 6.46. The van der Waals surface area contributed by atoms with Gasteiger partial charge >= 0.3 is 0 Å². The van der Waals surface area contributed by atoms with Crippen molar-refractivity contribution in [2.75, 3.05) is 13.1 Å². The zero-order chi connectivity index (χ0) is 16.4. The molecule has 3 rings (SSSR count). The Morgan fingerprint density at radius 1 is 1.17 bits per heavy atom. The number of likely N-dealkylation sites (tertiary alicyclic amines) is 1. The Balaban J connectivity index is 1.54. The lowest BCUT2D eigenvalue weighted by atomic mass is 10.1. The minimum atomic E-state index is 0.166. The van der Waals surface area contributed by atoms with Crippen molar-refractivity contribution in [3.05, 3.63) is 41.0 Å². The molecule has 0 spiro atoms. The first kappa shape index (κ1) is 16.0. The molecule has 1 aliphatic rings. The van der Waals surface area contributed by atoms with Crippen molar-refractivity contribution in [2.24, 2.45) is 0 Å². The first-order valence-electron chi connectivity index (χ1n) is 8.31. The minimum Gasteiger partial charge on any atom is -0.490 e. The van der Waals surface area contributed by atoms with Gasteiger partial charge in [0.25, 0.3) is 0 Å². The molecule has 0 unspecified atom stereocenters. The van der Waals surface area contributed by atoms with Crippen molar-refractivity contribution in [3.63, 3.8) is 0 Å². The molecule has 2 heterocycles. The molecule has 5 nitrogen and oxygen atoms in total. The zero-order valence-electron chi connectivity index (χ0n) is 14.4. The molecule has 5 heteroatoms. The fourth-order valence-electron chi connectivity index (χ4n) is 3.00. The summed E-state index contributed by atoms with van der Waals surface area (Å²) in [4.78, 5) is 6.72. The van der Waals surface area contributed by atoms with Gasteiger partial charge in [-0.15, -0.1) is 0 Å². The van der Waals surface area contributed by atoms with Crippen LogP contribution in [0.4, 0.5) is 0 Å². The van der Waals surface area contributed by atoms with Crippen LogP contribution in [0.5, 0.6) is 5.75 Å². The van der Waals surface area contributed by atoms with Gasteiger partial charge in [0.15, 0.2) is 5.82 Å². The Morgan fingerprint density at radius 2 is 1.91 bits per heavy atom. The SMILES string of the molecule is Cc1noc([C@@H](C)N2CCC(Oc3ccc(C)c(C)c3)CC2)n1. The monoisotopic (exact) mass is 315 g/mol. The van der Waals surface area contributed by atoms with E-state index in [1.54, 1.807) is 0 Å². The van der Waals surface area contributed by atoms with E-state index >= 15 is 0 Å². The first-order valence-corrected chi connectivity index (χ1v) is 8.31. The van der Waals surface area contributed by atoms with E-state index in [-0.39, 0.29) is 12.1 Å². The molecule has 2 aromatic rings. The summed E-state index contributed by atoms with van der Waals surface area (Å²) < 4.78 is 11.4. The van der Waals surface area contributed by atoms with Gasteiger partial charge in [0, 0.05) is 13.1 Å². The van der Waals surface area contributed by atoms with Crippen LogP contribution in [-0.2, 0) is 0 Å². The first-order chi connectivity index (χ1) is 11.0. The minimum absolute atomic E-state index is 0.166. The number of hydrogen-bond acceptors (Lipinski definition) is 5. The fraction of sp³-hybridized carbons (Fsp3) is 0.556. The van der Waals surface area contributed by atoms with E-state index in [2.05, 4.69) is 54.0 Å². The zero-order valence-corrected chi connectivity index (χ0v) is 14.4. The number of benzene rings is 1. The summed E-state index contributed by atoms with van der Waals surface area (Å²) in [6.07, 6.45) is 2.32. The Kier molecular flexibility index (Phi) is 4.66. The maximum Gasteiger partial charge on any atom is 0.243 e. The second kappa shape index (κ2) is 6.71. The van der Waals surface area contributed by atoms with Gasteiger partial charge in [0.05, 0.1) is 6.04 Å². The molecule has 1 aliphatic heterocycles. The standard InChI is InChI=1S/C18H25N3O2/c1-12-5-6-17(11-13(12)2)22-16-7-9-21(10-8-16)14(3)18-19-15(4)20-23-18/h5-6,11,14,16H,7-10H2,1-4H3/t14-/m1/s1. The van der Waals surface area contributed by atoms with E-state index in [4.69, 9.17) is 9.26 Å². The van der Waals surface area contributed by atoms with Gasteiger partial charge in [-0.1, -0.05) is 11.2 Å². The summed E-state index contributed by atoms with van der Waals surface area (Å²) in [7, 11) is 0. The summed E-state index contributed by atoms with van der Waals surface area (Å²) >= 11 is 0. The van der Waals surface area contributed by atoms with E-state index < -0.39 is 0 Å². The molecule has 1 fully saturated rings. The van der Waals surface area contributed by atoms with Crippen molar-refractivity contribution in [1.82, 2.24) is 15.0 Å². The number of nitrogens with zero attached hydrogens (tertiary/aromatic N) is 3. The van der Waals surface area contributed by atoms with Crippen LogP contribution in [0.1, 0.15) is 48.6 Å². The average Bonchev–Trinajstić information content (AvgIpc) is 2.97. The molecular formula is C18H25N3O2. The van der Waals surface area contributed by atoms with Gasteiger partial charge in [-0.05, 0) is 63.8 Å². The Labute approximate surface area is 137 Å². The van der Waals surface area contributed by atoms with Crippen LogP contribution in [0.25, 0.3) is 0 Å². The molecule has 0 amide bonds. The Morgan fingerprint density at radius 3 is 2.52 bits per heavy atom. The van der Waals surface area contributed by atoms with E-state index in [1.165, 1.54) is 11.1 Å². The van der Waals surface area contributed by atoms with Crippen LogP contribution in [0.15, 0.2) is 22.7 Å². The molecule has 1 aromatic carbocycles. The van der Waals surface area contributed by atoms with E-state index in [1.807, 2.05) is 6.92 Å². The summed E-state index contributed by atoms with van der Waals surface area (Å²) in [5.41, 5.74) is 2.58.